The highest BCUT2D eigenvalue weighted by atomic mass is 19.1. The van der Waals surface area contributed by atoms with Crippen molar-refractivity contribution in [1.82, 2.24) is 9.13 Å². The minimum Gasteiger partial charge on any atom is -0.351 e. The molecule has 0 bridgehead atoms. The van der Waals surface area contributed by atoms with Gasteiger partial charge in [0.05, 0.1) is 6.54 Å². The summed E-state index contributed by atoms with van der Waals surface area (Å²) in [5.41, 5.74) is 3.66. The summed E-state index contributed by atoms with van der Waals surface area (Å²) in [6.07, 6.45) is 1.83. The monoisotopic (exact) mass is 284 g/mol. The molecule has 3 nitrogen and oxygen atoms in total. The first kappa shape index (κ1) is 13.6. The van der Waals surface area contributed by atoms with Gasteiger partial charge in [0.25, 0.3) is 0 Å². The Morgan fingerprint density at radius 1 is 1.19 bits per heavy atom. The predicted molar refractivity (Wildman–Crippen MR) is 81.1 cm³/mol. The first-order valence-corrected chi connectivity index (χ1v) is 6.88. The number of benzene rings is 1. The van der Waals surface area contributed by atoms with E-state index in [0.717, 1.165) is 27.9 Å². The maximum absolute atomic E-state index is 13.2. The average molecular weight is 284 g/mol. The second-order valence-corrected chi connectivity index (χ2v) is 5.41. The number of halogens is 1. The van der Waals surface area contributed by atoms with E-state index in [4.69, 9.17) is 0 Å². The Balaban J connectivity index is 1.94. The summed E-state index contributed by atoms with van der Waals surface area (Å²) in [6, 6.07) is 8.36. The first-order chi connectivity index (χ1) is 9.97. The highest BCUT2D eigenvalue weighted by Gasteiger charge is 2.15. The third-order valence-electron chi connectivity index (χ3n) is 4.12. The molecule has 108 valence electrons. The van der Waals surface area contributed by atoms with Gasteiger partial charge >= 0.3 is 0 Å². The van der Waals surface area contributed by atoms with Gasteiger partial charge in [-0.25, -0.2) is 4.39 Å². The number of carbonyl (C=O) groups excluding carboxylic acids is 1. The van der Waals surface area contributed by atoms with Gasteiger partial charge in [0, 0.05) is 41.1 Å². The Kier molecular flexibility index (Phi) is 3.16. The summed E-state index contributed by atoms with van der Waals surface area (Å²) in [5.74, 6) is -0.195. The van der Waals surface area contributed by atoms with Gasteiger partial charge in [-0.15, -0.1) is 0 Å². The summed E-state index contributed by atoms with van der Waals surface area (Å²) in [4.78, 5) is 12.5. The zero-order valence-corrected chi connectivity index (χ0v) is 12.4. The molecular formula is C17H17FN2O. The number of fused-ring (bicyclic) bond motifs is 1. The van der Waals surface area contributed by atoms with Gasteiger partial charge in [0.2, 0.25) is 0 Å². The summed E-state index contributed by atoms with van der Waals surface area (Å²) >= 11 is 0. The van der Waals surface area contributed by atoms with Gasteiger partial charge in [0.15, 0.2) is 5.78 Å². The number of hydrogen-bond acceptors (Lipinski definition) is 1. The molecule has 3 rings (SSSR count). The zero-order valence-electron chi connectivity index (χ0n) is 12.4. The maximum Gasteiger partial charge on any atom is 0.184 e. The number of aryl methyl sites for hydroxylation is 1. The second-order valence-electron chi connectivity index (χ2n) is 5.41. The van der Waals surface area contributed by atoms with Crippen LogP contribution in [0.4, 0.5) is 4.39 Å². The molecule has 2 heterocycles. The number of aromatic nitrogens is 2. The number of rotatable bonds is 3. The maximum atomic E-state index is 13.2. The van der Waals surface area contributed by atoms with E-state index >= 15 is 0 Å². The van der Waals surface area contributed by atoms with Crippen LogP contribution < -0.4 is 0 Å². The number of ketones is 1. The number of nitrogens with zero attached hydrogens (tertiary/aromatic N) is 2. The molecule has 3 aromatic rings. The summed E-state index contributed by atoms with van der Waals surface area (Å²) in [7, 11) is 1.95. The standard InChI is InChI=1S/C17H17FN2O/c1-11-8-15(12(2)19(11)3)17(21)10-20-7-6-13-9-14(18)4-5-16(13)20/h4-9H,10H2,1-3H3. The Hall–Kier alpha value is -2.36. The van der Waals surface area contributed by atoms with Crippen molar-refractivity contribution in [2.45, 2.75) is 20.4 Å². The molecule has 0 atom stereocenters. The quantitative estimate of drug-likeness (QED) is 0.675. The van der Waals surface area contributed by atoms with E-state index in [1.807, 2.05) is 48.4 Å². The van der Waals surface area contributed by atoms with Crippen LogP contribution in [0.1, 0.15) is 21.7 Å². The molecule has 0 aliphatic rings. The predicted octanol–water partition coefficient (Wildman–Crippen LogP) is 3.62. The number of hydrogen-bond donors (Lipinski definition) is 0. The van der Waals surface area contributed by atoms with Crippen molar-refractivity contribution in [1.29, 1.82) is 0 Å². The van der Waals surface area contributed by atoms with Crippen molar-refractivity contribution in [3.8, 4) is 0 Å². The SMILES string of the molecule is Cc1cc(C(=O)Cn2ccc3cc(F)ccc32)c(C)n1C. The molecule has 1 aromatic carbocycles. The van der Waals surface area contributed by atoms with Gasteiger partial charge in [0.1, 0.15) is 5.82 Å². The lowest BCUT2D eigenvalue weighted by atomic mass is 10.1. The van der Waals surface area contributed by atoms with E-state index in [0.29, 0.717) is 0 Å². The minimum absolute atomic E-state index is 0.0676. The molecule has 0 saturated heterocycles. The fraction of sp³-hybridized carbons (Fsp3) is 0.235. The molecule has 2 aromatic heterocycles. The van der Waals surface area contributed by atoms with Crippen LogP contribution in [-0.2, 0) is 13.6 Å². The molecule has 4 heteroatoms. The van der Waals surface area contributed by atoms with E-state index in [1.165, 1.54) is 12.1 Å². The van der Waals surface area contributed by atoms with Crippen LogP contribution in [0.3, 0.4) is 0 Å². The average Bonchev–Trinajstić information content (AvgIpc) is 2.95. The lowest BCUT2D eigenvalue weighted by Gasteiger charge is -2.05. The van der Waals surface area contributed by atoms with Crippen molar-refractivity contribution in [3.05, 3.63) is 59.3 Å². The third-order valence-corrected chi connectivity index (χ3v) is 4.12. The molecule has 0 aliphatic heterocycles. The van der Waals surface area contributed by atoms with Gasteiger partial charge in [-0.2, -0.15) is 0 Å². The van der Waals surface area contributed by atoms with Gasteiger partial charge in [-0.05, 0) is 44.2 Å². The summed E-state index contributed by atoms with van der Waals surface area (Å²) < 4.78 is 17.1. The van der Waals surface area contributed by atoms with Crippen LogP contribution in [-0.4, -0.2) is 14.9 Å². The first-order valence-electron chi connectivity index (χ1n) is 6.88. The van der Waals surface area contributed by atoms with Crippen molar-refractivity contribution >= 4 is 16.7 Å². The Morgan fingerprint density at radius 2 is 1.95 bits per heavy atom. The topological polar surface area (TPSA) is 26.9 Å². The van der Waals surface area contributed by atoms with Gasteiger partial charge < -0.3 is 9.13 Å². The molecule has 0 radical (unpaired) electrons. The summed E-state index contributed by atoms with van der Waals surface area (Å²) in [5, 5.41) is 0.809. The molecule has 0 spiro atoms. The van der Waals surface area contributed by atoms with Crippen LogP contribution in [0, 0.1) is 19.7 Å². The molecular weight excluding hydrogens is 267 g/mol. The fourth-order valence-corrected chi connectivity index (χ4v) is 2.69. The third kappa shape index (κ3) is 2.27. The van der Waals surface area contributed by atoms with E-state index in [-0.39, 0.29) is 18.1 Å². The zero-order chi connectivity index (χ0) is 15.1. The van der Waals surface area contributed by atoms with Crippen molar-refractivity contribution in [3.63, 3.8) is 0 Å². The van der Waals surface area contributed by atoms with Gasteiger partial charge in [-0.1, -0.05) is 0 Å². The molecule has 0 N–H and O–H groups in total. The van der Waals surface area contributed by atoms with Crippen LogP contribution in [0.2, 0.25) is 0 Å². The molecule has 0 amide bonds. The van der Waals surface area contributed by atoms with Crippen molar-refractivity contribution < 1.29 is 9.18 Å². The highest BCUT2D eigenvalue weighted by Crippen LogP contribution is 2.19. The van der Waals surface area contributed by atoms with E-state index in [9.17, 15) is 9.18 Å². The van der Waals surface area contributed by atoms with Crippen LogP contribution >= 0.6 is 0 Å². The number of Topliss-reactive ketones (excluding diaryl/α,β-unsaturated/α-hetero) is 1. The molecule has 21 heavy (non-hydrogen) atoms. The molecule has 0 fully saturated rings. The van der Waals surface area contributed by atoms with Crippen LogP contribution in [0.25, 0.3) is 10.9 Å². The smallest absolute Gasteiger partial charge is 0.184 e. The van der Waals surface area contributed by atoms with E-state index in [1.54, 1.807) is 6.07 Å². The largest absolute Gasteiger partial charge is 0.351 e. The Morgan fingerprint density at radius 3 is 2.62 bits per heavy atom. The van der Waals surface area contributed by atoms with E-state index in [2.05, 4.69) is 0 Å². The molecule has 0 aliphatic carbocycles. The molecule has 0 saturated carbocycles. The minimum atomic E-state index is -0.263. The van der Waals surface area contributed by atoms with Gasteiger partial charge in [-0.3, -0.25) is 4.79 Å². The highest BCUT2D eigenvalue weighted by molar-refractivity contribution is 5.98. The van der Waals surface area contributed by atoms with Crippen molar-refractivity contribution in [2.75, 3.05) is 0 Å². The van der Waals surface area contributed by atoms with Crippen LogP contribution in [0.15, 0.2) is 36.5 Å². The lowest BCUT2D eigenvalue weighted by Crippen LogP contribution is -2.10. The lowest BCUT2D eigenvalue weighted by molar-refractivity contribution is 0.0973. The molecule has 0 unspecified atom stereocenters. The van der Waals surface area contributed by atoms with Crippen LogP contribution in [0.5, 0.6) is 0 Å². The Labute approximate surface area is 122 Å². The Bertz CT molecular complexity index is 842. The van der Waals surface area contributed by atoms with Crippen molar-refractivity contribution in [2.24, 2.45) is 7.05 Å². The summed E-state index contributed by atoms with van der Waals surface area (Å²) in [6.45, 7) is 4.19. The fourth-order valence-electron chi connectivity index (χ4n) is 2.69. The normalized spacial score (nSPS) is 11.2. The van der Waals surface area contributed by atoms with E-state index < -0.39 is 0 Å². The number of carbonyl (C=O) groups is 1. The second kappa shape index (κ2) is 4.88.